The minimum Gasteiger partial charge on any atom is -0.436 e. The molecule has 4 rings (SSSR count). The number of nitrogens with two attached hydrogens (primary N) is 1. The van der Waals surface area contributed by atoms with E-state index in [0.717, 1.165) is 15.7 Å². The van der Waals surface area contributed by atoms with Gasteiger partial charge in [-0.25, -0.2) is 14.3 Å². The number of carbonyl (C=O) groups is 1. The smallest absolute Gasteiger partial charge is 0.421 e. The van der Waals surface area contributed by atoms with Crippen LogP contribution in [0.5, 0.6) is 0 Å². The van der Waals surface area contributed by atoms with Crippen molar-refractivity contribution >= 4 is 23.2 Å². The Kier molecular flexibility index (Phi) is 4.13. The normalized spacial score (nSPS) is 11.0. The van der Waals surface area contributed by atoms with Crippen molar-refractivity contribution in [2.24, 2.45) is 0 Å². The van der Waals surface area contributed by atoms with Gasteiger partial charge in [-0.1, -0.05) is 60.7 Å². The van der Waals surface area contributed by atoms with Gasteiger partial charge in [0.05, 0.1) is 0 Å². The Balaban J connectivity index is 1.74. The highest BCUT2D eigenvalue weighted by molar-refractivity contribution is 5.84. The first-order valence-electron chi connectivity index (χ1n) is 8.17. The number of anilines is 1. The Labute approximate surface area is 153 Å². The summed E-state index contributed by atoms with van der Waals surface area (Å²) < 4.78 is 6.82. The van der Waals surface area contributed by atoms with Gasteiger partial charge in [0.15, 0.2) is 17.3 Å². The predicted octanol–water partition coefficient (Wildman–Crippen LogP) is 2.48. The summed E-state index contributed by atoms with van der Waals surface area (Å²) in [5.74, 6) is -0.107. The van der Waals surface area contributed by atoms with E-state index in [1.165, 1.54) is 6.33 Å². The van der Waals surface area contributed by atoms with Crippen molar-refractivity contribution in [2.45, 2.75) is 6.10 Å². The summed E-state index contributed by atoms with van der Waals surface area (Å²) in [6.45, 7) is 0. The number of hydrogen-bond donors (Lipinski definition) is 2. The number of benzene rings is 2. The average molecular weight is 361 g/mol. The summed E-state index contributed by atoms with van der Waals surface area (Å²) >= 11 is 0. The third-order valence-corrected chi connectivity index (χ3v) is 4.05. The van der Waals surface area contributed by atoms with Crippen LogP contribution < -0.4 is 11.3 Å². The highest BCUT2D eigenvalue weighted by atomic mass is 16.6. The predicted molar refractivity (Wildman–Crippen MR) is 99.2 cm³/mol. The number of nitrogens with one attached hydrogen (secondary N) is 1. The van der Waals surface area contributed by atoms with Crippen LogP contribution in [0.2, 0.25) is 0 Å². The molecule has 0 unspecified atom stereocenters. The Hall–Kier alpha value is -3.94. The molecule has 4 aromatic rings. The molecule has 0 fully saturated rings. The topological polar surface area (TPSA) is 116 Å². The Morgan fingerprint density at radius 3 is 2.22 bits per heavy atom. The molecule has 0 radical (unpaired) electrons. The Morgan fingerprint density at radius 1 is 1.04 bits per heavy atom. The van der Waals surface area contributed by atoms with E-state index in [1.807, 2.05) is 60.7 Å². The molecule has 0 amide bonds. The molecule has 0 bridgehead atoms. The van der Waals surface area contributed by atoms with Gasteiger partial charge in [-0.2, -0.15) is 4.98 Å². The van der Waals surface area contributed by atoms with E-state index in [0.29, 0.717) is 0 Å². The monoisotopic (exact) mass is 361 g/mol. The minimum atomic E-state index is -0.715. The van der Waals surface area contributed by atoms with Crippen LogP contribution in [0.3, 0.4) is 0 Å². The first kappa shape index (κ1) is 16.5. The maximum absolute atomic E-state index is 12.8. The maximum atomic E-state index is 12.8. The molecule has 134 valence electrons. The van der Waals surface area contributed by atoms with Gasteiger partial charge in [0.25, 0.3) is 5.56 Å². The van der Waals surface area contributed by atoms with Crippen molar-refractivity contribution in [1.82, 2.24) is 19.5 Å². The summed E-state index contributed by atoms with van der Waals surface area (Å²) in [4.78, 5) is 35.0. The van der Waals surface area contributed by atoms with Crippen molar-refractivity contribution in [3.63, 3.8) is 0 Å². The van der Waals surface area contributed by atoms with Gasteiger partial charge in [0.1, 0.15) is 6.33 Å². The first-order chi connectivity index (χ1) is 13.1. The van der Waals surface area contributed by atoms with Gasteiger partial charge in [0, 0.05) is 0 Å². The molecule has 2 heterocycles. The zero-order valence-electron chi connectivity index (χ0n) is 14.1. The lowest BCUT2D eigenvalue weighted by atomic mass is 10.0. The van der Waals surface area contributed by atoms with E-state index >= 15 is 0 Å². The molecule has 0 atom stereocenters. The van der Waals surface area contributed by atoms with Crippen LogP contribution in [0.15, 0.2) is 71.8 Å². The zero-order valence-corrected chi connectivity index (χ0v) is 14.1. The summed E-state index contributed by atoms with van der Waals surface area (Å²) in [6.07, 6.45) is -0.147. The highest BCUT2D eigenvalue weighted by Crippen LogP contribution is 2.26. The van der Waals surface area contributed by atoms with Crippen molar-refractivity contribution in [2.75, 3.05) is 5.73 Å². The van der Waals surface area contributed by atoms with Crippen LogP contribution in [-0.4, -0.2) is 25.6 Å². The van der Waals surface area contributed by atoms with Crippen LogP contribution in [0.4, 0.5) is 10.7 Å². The third kappa shape index (κ3) is 3.15. The van der Waals surface area contributed by atoms with Crippen molar-refractivity contribution in [3.05, 3.63) is 88.5 Å². The summed E-state index contributed by atoms with van der Waals surface area (Å²) in [6, 6.07) is 18.7. The maximum Gasteiger partial charge on any atom is 0.421 e. The van der Waals surface area contributed by atoms with E-state index in [4.69, 9.17) is 10.5 Å². The summed E-state index contributed by atoms with van der Waals surface area (Å²) in [5, 5.41) is 0. The number of rotatable bonds is 3. The molecule has 8 heteroatoms. The van der Waals surface area contributed by atoms with Gasteiger partial charge in [0.2, 0.25) is 5.95 Å². The van der Waals surface area contributed by atoms with E-state index in [-0.39, 0.29) is 17.1 Å². The number of imidazole rings is 1. The number of carbonyl (C=O) groups excluding carboxylic acids is 1. The lowest BCUT2D eigenvalue weighted by molar-refractivity contribution is 0.119. The van der Waals surface area contributed by atoms with E-state index in [2.05, 4.69) is 15.0 Å². The first-order valence-corrected chi connectivity index (χ1v) is 8.17. The molecule has 3 N–H and O–H groups in total. The van der Waals surface area contributed by atoms with Gasteiger partial charge in [-0.3, -0.25) is 9.78 Å². The number of aromatic nitrogens is 4. The van der Waals surface area contributed by atoms with Crippen LogP contribution in [-0.2, 0) is 4.74 Å². The number of nitrogens with zero attached hydrogens (tertiary/aromatic N) is 3. The average Bonchev–Trinajstić information content (AvgIpc) is 3.11. The molecule has 8 nitrogen and oxygen atoms in total. The second kappa shape index (κ2) is 6.75. The summed E-state index contributed by atoms with van der Waals surface area (Å²) in [5.41, 5.74) is 6.73. The second-order valence-electron chi connectivity index (χ2n) is 5.82. The lowest BCUT2D eigenvalue weighted by Gasteiger charge is -2.19. The zero-order chi connectivity index (χ0) is 18.8. The Bertz CT molecular complexity index is 1110. The quantitative estimate of drug-likeness (QED) is 0.579. The van der Waals surface area contributed by atoms with Crippen molar-refractivity contribution in [1.29, 1.82) is 0 Å². The Morgan fingerprint density at radius 2 is 1.63 bits per heavy atom. The number of fused-ring (bicyclic) bond motifs is 1. The van der Waals surface area contributed by atoms with Gasteiger partial charge in [-0.05, 0) is 11.1 Å². The van der Waals surface area contributed by atoms with Crippen LogP contribution in [0.25, 0.3) is 11.2 Å². The van der Waals surface area contributed by atoms with Gasteiger partial charge >= 0.3 is 6.09 Å². The number of ether oxygens (including phenoxy) is 1. The molecule has 0 saturated carbocycles. The molecule has 0 aliphatic rings. The molecular weight excluding hydrogens is 346 g/mol. The van der Waals surface area contributed by atoms with E-state index < -0.39 is 17.8 Å². The number of nitrogen functional groups attached to an aromatic ring is 1. The number of hydrogen-bond acceptors (Lipinski definition) is 6. The molecule has 0 spiro atoms. The minimum absolute atomic E-state index is 0.0112. The van der Waals surface area contributed by atoms with Crippen LogP contribution >= 0.6 is 0 Å². The van der Waals surface area contributed by atoms with Gasteiger partial charge in [-0.15, -0.1) is 0 Å². The molecule has 0 aliphatic heterocycles. The fourth-order valence-corrected chi connectivity index (χ4v) is 2.80. The lowest BCUT2D eigenvalue weighted by Crippen LogP contribution is -2.19. The fraction of sp³-hybridized carbons (Fsp3) is 0.0526. The molecule has 2 aromatic carbocycles. The highest BCUT2D eigenvalue weighted by Gasteiger charge is 2.22. The van der Waals surface area contributed by atoms with Crippen LogP contribution in [0.1, 0.15) is 17.2 Å². The van der Waals surface area contributed by atoms with Crippen molar-refractivity contribution in [3.8, 4) is 0 Å². The SMILES string of the molecule is Nc1nc2c(ncn2C(=O)OC(c2ccccc2)c2ccccc2)c(=O)[nH]1. The second-order valence-corrected chi connectivity index (χ2v) is 5.82. The molecule has 2 aromatic heterocycles. The standard InChI is InChI=1S/C19H15N5O3/c20-18-22-16-14(17(25)23-18)21-11-24(16)19(26)27-15(12-7-3-1-4-8-12)13-9-5-2-6-10-13/h1-11,15H,(H3,20,22,23,25). The fourth-order valence-electron chi connectivity index (χ4n) is 2.80. The molecule has 0 saturated heterocycles. The molecular formula is C19H15N5O3. The molecule has 0 aliphatic carbocycles. The number of aromatic amines is 1. The van der Waals surface area contributed by atoms with Crippen LogP contribution in [0, 0.1) is 0 Å². The van der Waals surface area contributed by atoms with Gasteiger partial charge < -0.3 is 10.5 Å². The molecule has 27 heavy (non-hydrogen) atoms. The third-order valence-electron chi connectivity index (χ3n) is 4.05. The van der Waals surface area contributed by atoms with E-state index in [1.54, 1.807) is 0 Å². The largest absolute Gasteiger partial charge is 0.436 e. The van der Waals surface area contributed by atoms with E-state index in [9.17, 15) is 9.59 Å². The van der Waals surface area contributed by atoms with Crippen molar-refractivity contribution < 1.29 is 9.53 Å². The summed E-state index contributed by atoms with van der Waals surface area (Å²) in [7, 11) is 0. The number of H-pyrrole nitrogens is 1.